The third-order valence-electron chi connectivity index (χ3n) is 2.50. The molecule has 1 saturated heterocycles. The number of nitrogens with one attached hydrogen (secondary N) is 1. The first-order chi connectivity index (χ1) is 7.70. The first kappa shape index (κ1) is 11.1. The second-order valence-corrected chi connectivity index (χ2v) is 3.94. The summed E-state index contributed by atoms with van der Waals surface area (Å²) >= 11 is 5.93. The smallest absolute Gasteiger partial charge is 0.407 e. The monoisotopic (exact) mass is 241 g/mol. The summed E-state index contributed by atoms with van der Waals surface area (Å²) in [6.07, 6.45) is 0.306. The van der Waals surface area contributed by atoms with Crippen LogP contribution < -0.4 is 10.1 Å². The van der Waals surface area contributed by atoms with Gasteiger partial charge in [0.2, 0.25) is 0 Å². The zero-order valence-corrected chi connectivity index (χ0v) is 9.58. The highest BCUT2D eigenvalue weighted by Crippen LogP contribution is 2.31. The third-order valence-corrected chi connectivity index (χ3v) is 2.73. The van der Waals surface area contributed by atoms with Gasteiger partial charge in [-0.3, -0.25) is 0 Å². The van der Waals surface area contributed by atoms with E-state index >= 15 is 0 Å². The number of halogens is 1. The van der Waals surface area contributed by atoms with E-state index in [1.165, 1.54) is 0 Å². The van der Waals surface area contributed by atoms with Gasteiger partial charge in [-0.15, -0.1) is 0 Å². The molecule has 1 aliphatic rings. The summed E-state index contributed by atoms with van der Waals surface area (Å²) in [6.45, 7) is 0.409. The molecule has 0 aromatic heterocycles. The lowest BCUT2D eigenvalue weighted by molar-refractivity contribution is 0.115. The average Bonchev–Trinajstić information content (AvgIpc) is 2.29. The zero-order chi connectivity index (χ0) is 11.5. The van der Waals surface area contributed by atoms with Gasteiger partial charge < -0.3 is 14.8 Å². The van der Waals surface area contributed by atoms with Gasteiger partial charge in [0.05, 0.1) is 19.8 Å². The van der Waals surface area contributed by atoms with Gasteiger partial charge in [0.1, 0.15) is 5.75 Å². The molecule has 0 aliphatic carbocycles. The number of hydrogen-bond acceptors (Lipinski definition) is 3. The van der Waals surface area contributed by atoms with E-state index in [1.54, 1.807) is 25.3 Å². The van der Waals surface area contributed by atoms with Crippen LogP contribution in [0, 0.1) is 0 Å². The topological polar surface area (TPSA) is 47.6 Å². The summed E-state index contributed by atoms with van der Waals surface area (Å²) in [4.78, 5) is 11.1. The molecule has 1 amide bonds. The van der Waals surface area contributed by atoms with E-state index in [-0.39, 0.29) is 6.04 Å². The number of benzene rings is 1. The van der Waals surface area contributed by atoms with E-state index in [0.717, 1.165) is 11.3 Å². The lowest BCUT2D eigenvalue weighted by Gasteiger charge is -2.25. The highest BCUT2D eigenvalue weighted by molar-refractivity contribution is 6.30. The average molecular weight is 242 g/mol. The van der Waals surface area contributed by atoms with Gasteiger partial charge >= 0.3 is 6.09 Å². The molecule has 1 fully saturated rings. The normalized spacial score (nSPS) is 19.9. The van der Waals surface area contributed by atoms with E-state index in [9.17, 15) is 4.79 Å². The number of carbonyl (C=O) groups excluding carboxylic acids is 1. The van der Waals surface area contributed by atoms with Crippen molar-refractivity contribution in [2.45, 2.75) is 12.5 Å². The molecule has 0 radical (unpaired) electrons. The van der Waals surface area contributed by atoms with Crippen molar-refractivity contribution < 1.29 is 14.3 Å². The molecule has 1 aliphatic heterocycles. The lowest BCUT2D eigenvalue weighted by atomic mass is 10.0. The quantitative estimate of drug-likeness (QED) is 0.866. The zero-order valence-electron chi connectivity index (χ0n) is 8.83. The highest BCUT2D eigenvalue weighted by atomic mass is 35.5. The van der Waals surface area contributed by atoms with Gasteiger partial charge in [0.25, 0.3) is 0 Å². The Hall–Kier alpha value is -1.42. The van der Waals surface area contributed by atoms with Crippen LogP contribution in [-0.2, 0) is 4.74 Å². The molecular weight excluding hydrogens is 230 g/mol. The van der Waals surface area contributed by atoms with Gasteiger partial charge in [-0.25, -0.2) is 4.79 Å². The third kappa shape index (κ3) is 2.22. The Morgan fingerprint density at radius 1 is 1.56 bits per heavy atom. The van der Waals surface area contributed by atoms with E-state index in [2.05, 4.69) is 5.32 Å². The summed E-state index contributed by atoms with van der Waals surface area (Å²) in [6, 6.07) is 5.25. The molecule has 0 unspecified atom stereocenters. The van der Waals surface area contributed by atoms with E-state index in [4.69, 9.17) is 21.1 Å². The Balaban J connectivity index is 2.30. The number of alkyl carbamates (subject to hydrolysis) is 1. The van der Waals surface area contributed by atoms with Gasteiger partial charge in [-0.2, -0.15) is 0 Å². The number of amides is 1. The van der Waals surface area contributed by atoms with Crippen LogP contribution in [0.4, 0.5) is 4.79 Å². The maximum Gasteiger partial charge on any atom is 0.407 e. The largest absolute Gasteiger partial charge is 0.496 e. The van der Waals surface area contributed by atoms with Crippen LogP contribution in [0.15, 0.2) is 18.2 Å². The number of hydrogen-bond donors (Lipinski definition) is 1. The maximum atomic E-state index is 11.1. The minimum atomic E-state index is -0.404. The van der Waals surface area contributed by atoms with Crippen LogP contribution in [0.3, 0.4) is 0 Å². The first-order valence-electron chi connectivity index (χ1n) is 4.97. The molecule has 4 nitrogen and oxygen atoms in total. The Morgan fingerprint density at radius 2 is 2.38 bits per heavy atom. The van der Waals surface area contributed by atoms with E-state index in [0.29, 0.717) is 18.1 Å². The van der Waals surface area contributed by atoms with Gasteiger partial charge in [-0.1, -0.05) is 11.6 Å². The van der Waals surface area contributed by atoms with Crippen molar-refractivity contribution in [1.29, 1.82) is 0 Å². The van der Waals surface area contributed by atoms with Crippen molar-refractivity contribution in [3.05, 3.63) is 28.8 Å². The molecule has 1 aromatic carbocycles. The molecule has 86 valence electrons. The fourth-order valence-corrected chi connectivity index (χ4v) is 1.92. The van der Waals surface area contributed by atoms with Crippen LogP contribution in [0.5, 0.6) is 5.75 Å². The number of rotatable bonds is 2. The first-order valence-corrected chi connectivity index (χ1v) is 5.35. The Bertz CT molecular complexity index is 408. The SMILES string of the molecule is COc1ccc(Cl)cc1[C@H]1CCOC(=O)N1. The minimum absolute atomic E-state index is 0.102. The van der Waals surface area contributed by atoms with Crippen molar-refractivity contribution >= 4 is 17.7 Å². The Labute approximate surface area is 98.5 Å². The van der Waals surface area contributed by atoms with E-state index < -0.39 is 6.09 Å². The fraction of sp³-hybridized carbons (Fsp3) is 0.364. The molecule has 5 heteroatoms. The summed E-state index contributed by atoms with van der Waals surface area (Å²) in [5.74, 6) is 0.719. The second kappa shape index (κ2) is 4.61. The summed E-state index contributed by atoms with van der Waals surface area (Å²) in [5, 5.41) is 3.36. The molecule has 0 spiro atoms. The lowest BCUT2D eigenvalue weighted by Crippen LogP contribution is -2.35. The van der Waals surface area contributed by atoms with Crippen molar-refractivity contribution in [2.75, 3.05) is 13.7 Å². The van der Waals surface area contributed by atoms with Gasteiger partial charge in [0.15, 0.2) is 0 Å². The van der Waals surface area contributed by atoms with Crippen molar-refractivity contribution in [2.24, 2.45) is 0 Å². The Kier molecular flexibility index (Phi) is 3.19. The van der Waals surface area contributed by atoms with Crippen LogP contribution in [0.2, 0.25) is 5.02 Å². The number of cyclic esters (lactones) is 1. The molecular formula is C11H12ClNO3. The fourth-order valence-electron chi connectivity index (χ4n) is 1.74. The number of ether oxygens (including phenoxy) is 2. The van der Waals surface area contributed by atoms with Crippen molar-refractivity contribution in [3.63, 3.8) is 0 Å². The standard InChI is InChI=1S/C11H12ClNO3/c1-15-10-3-2-7(12)6-8(10)9-4-5-16-11(14)13-9/h2-3,6,9H,4-5H2,1H3,(H,13,14)/t9-/m1/s1. The molecule has 1 N–H and O–H groups in total. The highest BCUT2D eigenvalue weighted by Gasteiger charge is 2.23. The van der Waals surface area contributed by atoms with Crippen molar-refractivity contribution in [1.82, 2.24) is 5.32 Å². The van der Waals surface area contributed by atoms with E-state index in [1.807, 2.05) is 0 Å². The molecule has 1 heterocycles. The van der Waals surface area contributed by atoms with Crippen LogP contribution in [0.25, 0.3) is 0 Å². The molecule has 1 atom stereocenters. The number of carbonyl (C=O) groups is 1. The molecule has 16 heavy (non-hydrogen) atoms. The molecule has 0 bridgehead atoms. The number of methoxy groups -OCH3 is 1. The van der Waals surface area contributed by atoms with Crippen molar-refractivity contribution in [3.8, 4) is 5.75 Å². The maximum absolute atomic E-state index is 11.1. The van der Waals surface area contributed by atoms with Gasteiger partial charge in [-0.05, 0) is 18.2 Å². The van der Waals surface area contributed by atoms with Crippen LogP contribution in [-0.4, -0.2) is 19.8 Å². The predicted molar refractivity (Wildman–Crippen MR) is 59.8 cm³/mol. The Morgan fingerprint density at radius 3 is 3.06 bits per heavy atom. The summed E-state index contributed by atoms with van der Waals surface area (Å²) in [5.41, 5.74) is 0.881. The molecule has 1 aromatic rings. The van der Waals surface area contributed by atoms with Crippen LogP contribution in [0.1, 0.15) is 18.0 Å². The summed E-state index contributed by atoms with van der Waals surface area (Å²) < 4.78 is 10.0. The van der Waals surface area contributed by atoms with Crippen LogP contribution >= 0.6 is 11.6 Å². The minimum Gasteiger partial charge on any atom is -0.496 e. The second-order valence-electron chi connectivity index (χ2n) is 3.51. The molecule has 2 rings (SSSR count). The predicted octanol–water partition coefficient (Wildman–Crippen LogP) is 2.52. The van der Waals surface area contributed by atoms with Gasteiger partial charge in [0, 0.05) is 17.0 Å². The molecule has 0 saturated carbocycles. The summed E-state index contributed by atoms with van der Waals surface area (Å²) in [7, 11) is 1.59.